The van der Waals surface area contributed by atoms with Crippen LogP contribution in [0, 0.1) is 47.4 Å². The minimum atomic E-state index is -4.40. The molecule has 0 saturated heterocycles. The van der Waals surface area contributed by atoms with E-state index in [1.165, 1.54) is 103 Å². The predicted octanol–water partition coefficient (Wildman–Crippen LogP) is 13.6. The average Bonchev–Trinajstić information content (AvgIpc) is 3.25. The Balaban J connectivity index is 4.35. The number of unbranched alkanes of at least 4 members (excludes halogenated alkanes) is 28. The Labute approximate surface area is 393 Å². The molecule has 0 aromatic carbocycles. The third-order valence-electron chi connectivity index (χ3n) is 10.8. The number of nitrogens with zero attached hydrogens (tertiary/aromatic N) is 1. The van der Waals surface area contributed by atoms with Crippen molar-refractivity contribution in [2.75, 3.05) is 47.5 Å². The normalized spacial score (nSPS) is 12.3. The van der Waals surface area contributed by atoms with E-state index < -0.39 is 32.5 Å². The highest BCUT2D eigenvalue weighted by atomic mass is 31.2. The molecule has 64 heavy (non-hydrogen) atoms. The molecular weight excluding hydrogens is 822 g/mol. The van der Waals surface area contributed by atoms with E-state index in [4.69, 9.17) is 18.5 Å². The van der Waals surface area contributed by atoms with Crippen molar-refractivity contribution >= 4 is 19.8 Å². The zero-order valence-corrected chi connectivity index (χ0v) is 42.5. The lowest BCUT2D eigenvalue weighted by Crippen LogP contribution is -2.37. The minimum Gasteiger partial charge on any atom is -0.462 e. The van der Waals surface area contributed by atoms with Crippen molar-refractivity contribution in [2.45, 2.75) is 238 Å². The summed E-state index contributed by atoms with van der Waals surface area (Å²) in [6.45, 7) is 4.32. The van der Waals surface area contributed by atoms with E-state index in [-0.39, 0.29) is 26.1 Å². The summed E-state index contributed by atoms with van der Waals surface area (Å²) in [7, 11) is 1.42. The molecule has 2 atom stereocenters. The smallest absolute Gasteiger partial charge is 0.462 e. The van der Waals surface area contributed by atoms with Crippen LogP contribution in [0.25, 0.3) is 0 Å². The topological polar surface area (TPSA) is 108 Å². The van der Waals surface area contributed by atoms with Gasteiger partial charge in [0.2, 0.25) is 0 Å². The number of hydrogen-bond donors (Lipinski definition) is 1. The summed E-state index contributed by atoms with van der Waals surface area (Å²) >= 11 is 0. The molecule has 0 spiro atoms. The van der Waals surface area contributed by atoms with Crippen LogP contribution in [0.3, 0.4) is 0 Å². The lowest BCUT2D eigenvalue weighted by molar-refractivity contribution is -0.870. The number of hydrogen-bond acceptors (Lipinski definition) is 7. The lowest BCUT2D eigenvalue weighted by Gasteiger charge is -2.24. The van der Waals surface area contributed by atoms with Gasteiger partial charge in [-0.25, -0.2) is 4.57 Å². The van der Waals surface area contributed by atoms with Gasteiger partial charge in [-0.15, -0.1) is 0 Å². The van der Waals surface area contributed by atoms with Crippen molar-refractivity contribution in [3.8, 4) is 47.4 Å². The summed E-state index contributed by atoms with van der Waals surface area (Å²) in [5.41, 5.74) is 0. The molecular formula is C54H93NO8P+. The number of rotatable bonds is 42. The maximum absolute atomic E-state index is 12.7. The average molecular weight is 915 g/mol. The maximum atomic E-state index is 12.7. The number of carbonyl (C=O) groups excluding carboxylic acids is 2. The molecule has 10 heteroatoms. The molecule has 0 radical (unpaired) electrons. The summed E-state index contributed by atoms with van der Waals surface area (Å²) in [6.07, 6.45) is 35.6. The second kappa shape index (κ2) is 45.4. The first-order valence-electron chi connectivity index (χ1n) is 25.7. The first kappa shape index (κ1) is 61.2. The van der Waals surface area contributed by atoms with Gasteiger partial charge in [0, 0.05) is 38.5 Å². The molecule has 0 saturated carbocycles. The molecule has 0 aromatic heterocycles. The van der Waals surface area contributed by atoms with Crippen LogP contribution in [0.1, 0.15) is 232 Å². The summed E-state index contributed by atoms with van der Waals surface area (Å²) in [5, 5.41) is 0. The van der Waals surface area contributed by atoms with Crippen LogP contribution < -0.4 is 0 Å². The van der Waals surface area contributed by atoms with E-state index in [2.05, 4.69) is 61.2 Å². The number of ether oxygens (including phenoxy) is 2. The fourth-order valence-electron chi connectivity index (χ4n) is 6.76. The minimum absolute atomic E-state index is 0.0149. The Bertz CT molecular complexity index is 1440. The van der Waals surface area contributed by atoms with Gasteiger partial charge in [0.1, 0.15) is 19.8 Å². The Morgan fingerprint density at radius 1 is 0.484 bits per heavy atom. The fraction of sp³-hybridized carbons (Fsp3) is 0.815. The lowest BCUT2D eigenvalue weighted by atomic mass is 10.1. The van der Waals surface area contributed by atoms with E-state index in [0.29, 0.717) is 23.9 Å². The Kier molecular flexibility index (Phi) is 43.5. The summed E-state index contributed by atoms with van der Waals surface area (Å²) < 4.78 is 34.4. The number of likely N-dealkylation sites (N-methyl/N-ethyl adjacent to an activating group) is 1. The van der Waals surface area contributed by atoms with Gasteiger partial charge in [-0.05, 0) is 62.2 Å². The molecule has 0 aromatic rings. The molecule has 0 heterocycles. The third-order valence-corrected chi connectivity index (χ3v) is 11.8. The van der Waals surface area contributed by atoms with E-state index in [1.807, 2.05) is 21.1 Å². The molecule has 0 aliphatic carbocycles. The van der Waals surface area contributed by atoms with Crippen LogP contribution in [0.4, 0.5) is 0 Å². The highest BCUT2D eigenvalue weighted by Crippen LogP contribution is 2.43. The monoisotopic (exact) mass is 915 g/mol. The summed E-state index contributed by atoms with van der Waals surface area (Å²) in [5.74, 6) is 23.8. The standard InChI is InChI=1S/C54H92NO8P/c1-6-8-10-12-14-16-18-20-22-24-26-28-30-32-34-36-38-40-42-44-46-53(56)60-50-52(51-62-64(58,59)61-49-48-55(3,4)5)63-54(57)47-45-43-41-39-37-35-33-31-29-27-25-23-21-19-17-15-13-11-9-7-2/h52H,6-23,32-51H2,1-5H3/p+1/t52-/m1/s1. The van der Waals surface area contributed by atoms with Crippen molar-refractivity contribution in [1.29, 1.82) is 0 Å². The van der Waals surface area contributed by atoms with Gasteiger partial charge in [-0.1, -0.05) is 179 Å². The number of esters is 2. The molecule has 0 aliphatic heterocycles. The molecule has 366 valence electrons. The SMILES string of the molecule is CCCCCCCCCCC#CC#CCCCCCCCCC(=O)OC[C@H](COP(=O)(O)OCC[N+](C)(C)C)OC(=O)CCCCCCCCC#CC#CCCCCCCCCCC. The molecule has 1 N–H and O–H groups in total. The molecule has 0 aliphatic rings. The highest BCUT2D eigenvalue weighted by Gasteiger charge is 2.27. The van der Waals surface area contributed by atoms with E-state index in [0.717, 1.165) is 89.9 Å². The van der Waals surface area contributed by atoms with Gasteiger partial charge in [-0.2, -0.15) is 0 Å². The van der Waals surface area contributed by atoms with Crippen molar-refractivity contribution in [3.63, 3.8) is 0 Å². The van der Waals surface area contributed by atoms with Crippen molar-refractivity contribution < 1.29 is 42.1 Å². The van der Waals surface area contributed by atoms with E-state index in [9.17, 15) is 19.0 Å². The van der Waals surface area contributed by atoms with Gasteiger partial charge < -0.3 is 18.9 Å². The van der Waals surface area contributed by atoms with Gasteiger partial charge in [0.25, 0.3) is 0 Å². The van der Waals surface area contributed by atoms with Crippen molar-refractivity contribution in [2.24, 2.45) is 0 Å². The van der Waals surface area contributed by atoms with Gasteiger partial charge in [0.15, 0.2) is 6.10 Å². The number of quaternary nitrogens is 1. The van der Waals surface area contributed by atoms with Gasteiger partial charge >= 0.3 is 19.8 Å². The largest absolute Gasteiger partial charge is 0.472 e. The Hall–Kier alpha value is -2.75. The second-order valence-electron chi connectivity index (χ2n) is 18.3. The molecule has 1 unspecified atom stereocenters. The predicted molar refractivity (Wildman–Crippen MR) is 265 cm³/mol. The highest BCUT2D eigenvalue weighted by molar-refractivity contribution is 7.47. The quantitative estimate of drug-likeness (QED) is 0.0212. The molecule has 0 amide bonds. The summed E-state index contributed by atoms with van der Waals surface area (Å²) in [6, 6.07) is 0. The van der Waals surface area contributed by atoms with Crippen LogP contribution in [0.2, 0.25) is 0 Å². The third kappa shape index (κ3) is 48.7. The van der Waals surface area contributed by atoms with Crippen LogP contribution in [-0.4, -0.2) is 74.9 Å². The van der Waals surface area contributed by atoms with E-state index >= 15 is 0 Å². The van der Waals surface area contributed by atoms with Crippen LogP contribution in [0.15, 0.2) is 0 Å². The van der Waals surface area contributed by atoms with Crippen molar-refractivity contribution in [1.82, 2.24) is 0 Å². The number of carbonyl (C=O) groups is 2. The van der Waals surface area contributed by atoms with Crippen LogP contribution in [0.5, 0.6) is 0 Å². The fourth-order valence-corrected chi connectivity index (χ4v) is 7.51. The first-order valence-corrected chi connectivity index (χ1v) is 27.2. The van der Waals surface area contributed by atoms with Gasteiger partial charge in [-0.3, -0.25) is 18.6 Å². The molecule has 0 bridgehead atoms. The zero-order valence-electron chi connectivity index (χ0n) is 41.6. The van der Waals surface area contributed by atoms with Gasteiger partial charge in [0.05, 0.1) is 27.7 Å². The maximum Gasteiger partial charge on any atom is 0.472 e. The van der Waals surface area contributed by atoms with Crippen molar-refractivity contribution in [3.05, 3.63) is 0 Å². The van der Waals surface area contributed by atoms with E-state index in [1.54, 1.807) is 0 Å². The Morgan fingerprint density at radius 3 is 1.20 bits per heavy atom. The van der Waals surface area contributed by atoms with Crippen LogP contribution >= 0.6 is 7.82 Å². The Morgan fingerprint density at radius 2 is 0.828 bits per heavy atom. The number of phosphoric acid groups is 1. The summed E-state index contributed by atoms with van der Waals surface area (Å²) in [4.78, 5) is 35.5. The second-order valence-corrected chi connectivity index (χ2v) is 19.8. The molecule has 0 rings (SSSR count). The first-order chi connectivity index (χ1) is 31.0. The number of phosphoric ester groups is 1. The molecule has 9 nitrogen and oxygen atoms in total. The molecule has 0 fully saturated rings. The van der Waals surface area contributed by atoms with Crippen LogP contribution in [-0.2, 0) is 32.7 Å². The zero-order chi connectivity index (χ0) is 47.1.